The number of amides is 1. The van der Waals surface area contributed by atoms with Gasteiger partial charge in [0.25, 0.3) is 0 Å². The summed E-state index contributed by atoms with van der Waals surface area (Å²) in [6.45, 7) is 1.37. The first-order valence-electron chi connectivity index (χ1n) is 4.73. The van der Waals surface area contributed by atoms with Gasteiger partial charge in [-0.05, 0) is 6.26 Å². The summed E-state index contributed by atoms with van der Waals surface area (Å²) >= 11 is 1.33. The van der Waals surface area contributed by atoms with Gasteiger partial charge in [-0.3, -0.25) is 15.1 Å². The first-order valence-corrected chi connectivity index (χ1v) is 5.96. The Hall–Kier alpha value is -1.26. The lowest BCUT2D eigenvalue weighted by atomic mass is 10.4. The number of ether oxygens (including phenoxy) is 1. The summed E-state index contributed by atoms with van der Waals surface area (Å²) in [5.74, 6) is -0.0711. The molecule has 0 aliphatic carbocycles. The van der Waals surface area contributed by atoms with Crippen molar-refractivity contribution in [2.24, 2.45) is 4.99 Å². The van der Waals surface area contributed by atoms with Crippen molar-refractivity contribution >= 4 is 22.8 Å². The first-order chi connectivity index (χ1) is 7.74. The zero-order chi connectivity index (χ0) is 12.2. The van der Waals surface area contributed by atoms with E-state index in [0.29, 0.717) is 31.3 Å². The lowest BCUT2D eigenvalue weighted by Gasteiger charge is -2.03. The van der Waals surface area contributed by atoms with E-state index in [1.54, 1.807) is 13.3 Å². The highest BCUT2D eigenvalue weighted by molar-refractivity contribution is 8.13. The first kappa shape index (κ1) is 14.7. The Bertz CT molecular complexity index is 275. The van der Waals surface area contributed by atoms with Crippen molar-refractivity contribution in [1.82, 2.24) is 10.6 Å². The summed E-state index contributed by atoms with van der Waals surface area (Å²) in [4.78, 5) is 15.3. The third kappa shape index (κ3) is 8.08. The lowest BCUT2D eigenvalue weighted by molar-refractivity contribution is -0.121. The molecule has 16 heavy (non-hydrogen) atoms. The smallest absolute Gasteiger partial charge is 0.221 e. The van der Waals surface area contributed by atoms with Crippen LogP contribution in [0.3, 0.4) is 0 Å². The Morgan fingerprint density at radius 1 is 1.62 bits per heavy atom. The van der Waals surface area contributed by atoms with Gasteiger partial charge in [-0.25, -0.2) is 0 Å². The molecule has 0 bridgehead atoms. The molecular weight excluding hydrogens is 228 g/mol. The highest BCUT2D eigenvalue weighted by atomic mass is 32.2. The Labute approximate surface area is 99.4 Å². The quantitative estimate of drug-likeness (QED) is 0.224. The molecule has 0 aromatic heterocycles. The fourth-order valence-electron chi connectivity index (χ4n) is 0.843. The Kier molecular flexibility index (Phi) is 9.46. The molecule has 2 N–H and O–H groups in total. The number of carbonyl (C=O) groups excluding carboxylic acids is 1. The summed E-state index contributed by atoms with van der Waals surface area (Å²) in [5.41, 5.74) is 0. The van der Waals surface area contributed by atoms with Gasteiger partial charge in [0.1, 0.15) is 0 Å². The Morgan fingerprint density at radius 3 is 2.94 bits per heavy atom. The molecule has 0 radical (unpaired) electrons. The largest absolute Gasteiger partial charge is 0.383 e. The molecule has 6 nitrogen and oxygen atoms in total. The predicted octanol–water partition coefficient (Wildman–Crippen LogP) is -0.0712. The Morgan fingerprint density at radius 2 is 2.38 bits per heavy atom. The topological polar surface area (TPSA) is 86.5 Å². The number of hydrogen-bond donors (Lipinski definition) is 2. The molecule has 0 saturated carbocycles. The van der Waals surface area contributed by atoms with Crippen LogP contribution >= 0.6 is 11.8 Å². The van der Waals surface area contributed by atoms with Crippen molar-refractivity contribution in [3.8, 4) is 6.19 Å². The fourth-order valence-corrected chi connectivity index (χ4v) is 1.21. The minimum absolute atomic E-state index is 0.0711. The number of amidine groups is 1. The van der Waals surface area contributed by atoms with Crippen molar-refractivity contribution in [2.75, 3.05) is 33.1 Å². The second-order valence-electron chi connectivity index (χ2n) is 2.72. The summed E-state index contributed by atoms with van der Waals surface area (Å²) in [6.07, 6.45) is 3.89. The van der Waals surface area contributed by atoms with Gasteiger partial charge in [0.2, 0.25) is 5.91 Å². The minimum Gasteiger partial charge on any atom is -0.383 e. The summed E-state index contributed by atoms with van der Waals surface area (Å²) < 4.78 is 4.79. The molecule has 0 aliphatic rings. The second-order valence-corrected chi connectivity index (χ2v) is 3.52. The fraction of sp³-hybridized carbons (Fsp3) is 0.667. The lowest BCUT2D eigenvalue weighted by Crippen LogP contribution is -2.27. The summed E-state index contributed by atoms with van der Waals surface area (Å²) in [6, 6.07) is 0. The van der Waals surface area contributed by atoms with Gasteiger partial charge in [0, 0.05) is 20.1 Å². The van der Waals surface area contributed by atoms with E-state index >= 15 is 0 Å². The van der Waals surface area contributed by atoms with Crippen LogP contribution in [0.4, 0.5) is 0 Å². The summed E-state index contributed by atoms with van der Waals surface area (Å²) in [5, 5.41) is 14.0. The molecule has 0 fully saturated rings. The second kappa shape index (κ2) is 10.3. The zero-order valence-corrected chi connectivity index (χ0v) is 10.3. The molecule has 0 unspecified atom stereocenters. The molecule has 0 heterocycles. The van der Waals surface area contributed by atoms with Gasteiger partial charge in [0.05, 0.1) is 13.2 Å². The van der Waals surface area contributed by atoms with Crippen molar-refractivity contribution in [3.63, 3.8) is 0 Å². The van der Waals surface area contributed by atoms with Crippen LogP contribution in [0.2, 0.25) is 0 Å². The third-order valence-corrected chi connectivity index (χ3v) is 2.20. The number of methoxy groups -OCH3 is 1. The van der Waals surface area contributed by atoms with Crippen LogP contribution in [0.15, 0.2) is 4.99 Å². The molecule has 0 rings (SSSR count). The molecule has 90 valence electrons. The normalized spacial score (nSPS) is 10.7. The van der Waals surface area contributed by atoms with E-state index in [4.69, 9.17) is 10.00 Å². The number of nitrogens with zero attached hydrogens (tertiary/aromatic N) is 2. The molecule has 0 aliphatic heterocycles. The number of aliphatic imine (C=N–C) groups is 1. The number of hydrogen-bond acceptors (Lipinski definition) is 5. The van der Waals surface area contributed by atoms with Crippen LogP contribution < -0.4 is 10.6 Å². The highest BCUT2D eigenvalue weighted by Crippen LogP contribution is 1.95. The number of nitriles is 1. The van der Waals surface area contributed by atoms with Crippen molar-refractivity contribution < 1.29 is 9.53 Å². The van der Waals surface area contributed by atoms with Gasteiger partial charge >= 0.3 is 0 Å². The van der Waals surface area contributed by atoms with E-state index in [0.717, 1.165) is 0 Å². The summed E-state index contributed by atoms with van der Waals surface area (Å²) in [7, 11) is 1.58. The number of rotatable bonds is 6. The van der Waals surface area contributed by atoms with E-state index in [9.17, 15) is 4.79 Å². The maximum absolute atomic E-state index is 11.2. The standard InChI is InChI=1S/C9H16N4O2S/c1-15-6-5-11-8(14)3-4-12-9(16-2)13-7-10/h3-6H2,1-2H3,(H,11,14)(H,12,13). The van der Waals surface area contributed by atoms with Crippen LogP contribution in [0.1, 0.15) is 6.42 Å². The van der Waals surface area contributed by atoms with E-state index in [2.05, 4.69) is 15.6 Å². The van der Waals surface area contributed by atoms with Crippen LogP contribution in [0.25, 0.3) is 0 Å². The predicted molar refractivity (Wildman–Crippen MR) is 64.1 cm³/mol. The highest BCUT2D eigenvalue weighted by Gasteiger charge is 2.00. The average Bonchev–Trinajstić information content (AvgIpc) is 2.28. The zero-order valence-electron chi connectivity index (χ0n) is 9.45. The minimum atomic E-state index is -0.0711. The Balaban J connectivity index is 3.70. The van der Waals surface area contributed by atoms with E-state index in [-0.39, 0.29) is 5.91 Å². The van der Waals surface area contributed by atoms with Gasteiger partial charge in [0.15, 0.2) is 11.4 Å². The maximum atomic E-state index is 11.2. The molecule has 0 saturated heterocycles. The number of thioether (sulfide) groups is 1. The van der Waals surface area contributed by atoms with Gasteiger partial charge in [-0.2, -0.15) is 5.26 Å². The average molecular weight is 244 g/mol. The maximum Gasteiger partial charge on any atom is 0.221 e. The molecule has 0 atom stereocenters. The monoisotopic (exact) mass is 244 g/mol. The van der Waals surface area contributed by atoms with E-state index in [1.807, 2.05) is 6.26 Å². The van der Waals surface area contributed by atoms with E-state index < -0.39 is 0 Å². The van der Waals surface area contributed by atoms with Crippen LogP contribution in [-0.2, 0) is 9.53 Å². The molecule has 0 spiro atoms. The van der Waals surface area contributed by atoms with Gasteiger partial charge in [-0.15, -0.1) is 0 Å². The van der Waals surface area contributed by atoms with Crippen molar-refractivity contribution in [1.29, 1.82) is 5.26 Å². The van der Waals surface area contributed by atoms with Gasteiger partial charge < -0.3 is 10.1 Å². The van der Waals surface area contributed by atoms with Crippen LogP contribution in [0.5, 0.6) is 0 Å². The van der Waals surface area contributed by atoms with Crippen LogP contribution in [0, 0.1) is 11.5 Å². The third-order valence-electron chi connectivity index (χ3n) is 1.58. The van der Waals surface area contributed by atoms with Crippen molar-refractivity contribution in [2.45, 2.75) is 6.42 Å². The SMILES string of the molecule is COCCNC(=O)CCN=C(NC#N)SC. The molecule has 7 heteroatoms. The molecule has 0 aromatic rings. The molecule has 0 aromatic carbocycles. The number of carbonyl (C=O) groups is 1. The number of nitrogens with one attached hydrogen (secondary N) is 2. The molecule has 1 amide bonds. The molecular formula is C9H16N4O2S. The van der Waals surface area contributed by atoms with Gasteiger partial charge in [-0.1, -0.05) is 11.8 Å². The van der Waals surface area contributed by atoms with Crippen LogP contribution in [-0.4, -0.2) is 44.1 Å². The van der Waals surface area contributed by atoms with Crippen molar-refractivity contribution in [3.05, 3.63) is 0 Å². The van der Waals surface area contributed by atoms with E-state index in [1.165, 1.54) is 11.8 Å².